The van der Waals surface area contributed by atoms with Crippen LogP contribution in [0.1, 0.15) is 17.6 Å². The van der Waals surface area contributed by atoms with E-state index >= 15 is 0 Å². The standard InChI is InChI=1S/C20H18FN3O4/c21-15-6-8-17(9-7-15)27-13-19(25)24-10-14(11-24)20-22-18(28-23-20)12-26-16-4-2-1-3-5-16/h1-9,14H,10-13H2. The van der Waals surface area contributed by atoms with Crippen LogP contribution in [0.3, 0.4) is 0 Å². The summed E-state index contributed by atoms with van der Waals surface area (Å²) in [5.41, 5.74) is 0. The molecule has 144 valence electrons. The third kappa shape index (κ3) is 4.28. The van der Waals surface area contributed by atoms with Crippen LogP contribution in [-0.4, -0.2) is 40.6 Å². The zero-order valence-corrected chi connectivity index (χ0v) is 15.0. The Morgan fingerprint density at radius 2 is 1.79 bits per heavy atom. The highest BCUT2D eigenvalue weighted by Gasteiger charge is 2.35. The molecule has 0 N–H and O–H groups in total. The van der Waals surface area contributed by atoms with Crippen LogP contribution < -0.4 is 9.47 Å². The van der Waals surface area contributed by atoms with Gasteiger partial charge in [0.1, 0.15) is 17.3 Å². The first-order valence-corrected chi connectivity index (χ1v) is 8.84. The zero-order valence-electron chi connectivity index (χ0n) is 15.0. The van der Waals surface area contributed by atoms with Crippen molar-refractivity contribution in [3.05, 3.63) is 72.1 Å². The van der Waals surface area contributed by atoms with E-state index in [1.165, 1.54) is 24.3 Å². The topological polar surface area (TPSA) is 77.7 Å². The third-order valence-electron chi connectivity index (χ3n) is 4.36. The lowest BCUT2D eigenvalue weighted by atomic mass is 9.99. The lowest BCUT2D eigenvalue weighted by molar-refractivity contribution is -0.138. The van der Waals surface area contributed by atoms with Crippen molar-refractivity contribution in [2.24, 2.45) is 0 Å². The van der Waals surface area contributed by atoms with E-state index in [9.17, 15) is 9.18 Å². The molecule has 7 nitrogen and oxygen atoms in total. The molecule has 0 bridgehead atoms. The van der Waals surface area contributed by atoms with Gasteiger partial charge < -0.3 is 18.9 Å². The van der Waals surface area contributed by atoms with Crippen LogP contribution in [0, 0.1) is 5.82 Å². The molecule has 1 amide bonds. The fourth-order valence-electron chi connectivity index (χ4n) is 2.77. The minimum absolute atomic E-state index is 0.0315. The summed E-state index contributed by atoms with van der Waals surface area (Å²) in [7, 11) is 0. The summed E-state index contributed by atoms with van der Waals surface area (Å²) in [6, 6.07) is 14.9. The molecule has 0 spiro atoms. The second-order valence-electron chi connectivity index (χ2n) is 6.39. The normalized spacial score (nSPS) is 13.8. The van der Waals surface area contributed by atoms with Crippen molar-refractivity contribution in [3.8, 4) is 11.5 Å². The second-order valence-corrected chi connectivity index (χ2v) is 6.39. The van der Waals surface area contributed by atoms with Crippen molar-refractivity contribution < 1.29 is 23.2 Å². The van der Waals surface area contributed by atoms with Gasteiger partial charge in [-0.15, -0.1) is 0 Å². The minimum Gasteiger partial charge on any atom is -0.484 e. The molecule has 1 saturated heterocycles. The van der Waals surface area contributed by atoms with Crippen LogP contribution in [0.15, 0.2) is 59.1 Å². The molecular weight excluding hydrogens is 365 g/mol. The molecule has 1 fully saturated rings. The lowest BCUT2D eigenvalue weighted by Gasteiger charge is -2.37. The highest BCUT2D eigenvalue weighted by Crippen LogP contribution is 2.25. The zero-order chi connectivity index (χ0) is 19.3. The molecule has 0 unspecified atom stereocenters. The Labute approximate surface area is 160 Å². The highest BCUT2D eigenvalue weighted by atomic mass is 19.1. The van der Waals surface area contributed by atoms with E-state index in [1.807, 2.05) is 30.3 Å². The summed E-state index contributed by atoms with van der Waals surface area (Å²) >= 11 is 0. The smallest absolute Gasteiger partial charge is 0.264 e. The number of rotatable bonds is 7. The molecule has 28 heavy (non-hydrogen) atoms. The number of likely N-dealkylation sites (tertiary alicyclic amines) is 1. The molecule has 1 aliphatic heterocycles. The van der Waals surface area contributed by atoms with Crippen LogP contribution >= 0.6 is 0 Å². The number of halogens is 1. The molecule has 1 aromatic heterocycles. The van der Waals surface area contributed by atoms with Crippen LogP contribution in [0.25, 0.3) is 0 Å². The highest BCUT2D eigenvalue weighted by molar-refractivity contribution is 5.78. The van der Waals surface area contributed by atoms with E-state index < -0.39 is 0 Å². The number of hydrogen-bond donors (Lipinski definition) is 0. The van der Waals surface area contributed by atoms with Gasteiger partial charge in [-0.3, -0.25) is 4.79 Å². The van der Waals surface area contributed by atoms with E-state index in [4.69, 9.17) is 14.0 Å². The number of ether oxygens (including phenoxy) is 2. The van der Waals surface area contributed by atoms with Crippen molar-refractivity contribution in [1.29, 1.82) is 0 Å². The van der Waals surface area contributed by atoms with Crippen molar-refractivity contribution in [2.75, 3.05) is 19.7 Å². The molecule has 4 rings (SSSR count). The number of nitrogens with zero attached hydrogens (tertiary/aromatic N) is 3. The maximum absolute atomic E-state index is 12.9. The van der Waals surface area contributed by atoms with Gasteiger partial charge in [-0.2, -0.15) is 4.98 Å². The molecule has 8 heteroatoms. The summed E-state index contributed by atoms with van der Waals surface area (Å²) in [5.74, 6) is 1.67. The van der Waals surface area contributed by atoms with Crippen LogP contribution in [0.2, 0.25) is 0 Å². The first-order valence-electron chi connectivity index (χ1n) is 8.84. The first-order chi connectivity index (χ1) is 13.7. The number of carbonyl (C=O) groups excluding carboxylic acids is 1. The third-order valence-corrected chi connectivity index (χ3v) is 4.36. The molecule has 0 saturated carbocycles. The summed E-state index contributed by atoms with van der Waals surface area (Å²) < 4.78 is 29.0. The molecule has 0 aliphatic carbocycles. The van der Waals surface area contributed by atoms with Crippen molar-refractivity contribution >= 4 is 5.91 Å². The summed E-state index contributed by atoms with van der Waals surface area (Å²) in [5, 5.41) is 3.98. The van der Waals surface area contributed by atoms with Crippen molar-refractivity contribution in [1.82, 2.24) is 15.0 Å². The quantitative estimate of drug-likeness (QED) is 0.624. The molecule has 3 aromatic rings. The fourth-order valence-corrected chi connectivity index (χ4v) is 2.77. The van der Waals surface area contributed by atoms with E-state index in [0.717, 1.165) is 5.75 Å². The summed E-state index contributed by atoms with van der Waals surface area (Å²) in [6.07, 6.45) is 0. The van der Waals surface area contributed by atoms with Crippen molar-refractivity contribution in [3.63, 3.8) is 0 Å². The number of aromatic nitrogens is 2. The van der Waals surface area contributed by atoms with Gasteiger partial charge in [-0.05, 0) is 36.4 Å². The Morgan fingerprint density at radius 3 is 2.54 bits per heavy atom. The van der Waals surface area contributed by atoms with Crippen LogP contribution in [0.5, 0.6) is 11.5 Å². The Morgan fingerprint density at radius 1 is 1.07 bits per heavy atom. The van der Waals surface area contributed by atoms with Gasteiger partial charge in [-0.1, -0.05) is 23.4 Å². The maximum atomic E-state index is 12.9. The average molecular weight is 383 g/mol. The summed E-state index contributed by atoms with van der Waals surface area (Å²) in [6.45, 7) is 1.10. The fraction of sp³-hybridized carbons (Fsp3) is 0.250. The predicted molar refractivity (Wildman–Crippen MR) is 96.3 cm³/mol. The molecule has 2 aromatic carbocycles. The van der Waals surface area contributed by atoms with Gasteiger partial charge in [0.15, 0.2) is 19.0 Å². The van der Waals surface area contributed by atoms with Crippen LogP contribution in [-0.2, 0) is 11.4 Å². The number of hydrogen-bond acceptors (Lipinski definition) is 6. The number of carbonyl (C=O) groups is 1. The molecular formula is C20H18FN3O4. The van der Waals surface area contributed by atoms with E-state index in [1.54, 1.807) is 4.90 Å². The Hall–Kier alpha value is -3.42. The first kappa shape index (κ1) is 18.0. The van der Waals surface area contributed by atoms with Gasteiger partial charge in [0.2, 0.25) is 0 Å². The molecule has 0 radical (unpaired) electrons. The Bertz CT molecular complexity index is 924. The monoisotopic (exact) mass is 383 g/mol. The SMILES string of the molecule is O=C(COc1ccc(F)cc1)N1CC(c2noc(COc3ccccc3)n2)C1. The van der Waals surface area contributed by atoms with Crippen molar-refractivity contribution in [2.45, 2.75) is 12.5 Å². The van der Waals surface area contributed by atoms with E-state index in [2.05, 4.69) is 10.1 Å². The van der Waals surface area contributed by atoms with Gasteiger partial charge in [0.25, 0.3) is 11.8 Å². The number of benzene rings is 2. The van der Waals surface area contributed by atoms with Gasteiger partial charge in [0, 0.05) is 13.1 Å². The Balaban J connectivity index is 1.22. The molecule has 0 atom stereocenters. The largest absolute Gasteiger partial charge is 0.484 e. The van der Waals surface area contributed by atoms with E-state index in [0.29, 0.717) is 30.6 Å². The van der Waals surface area contributed by atoms with E-state index in [-0.39, 0.29) is 30.9 Å². The number of para-hydroxylation sites is 1. The lowest BCUT2D eigenvalue weighted by Crippen LogP contribution is -2.50. The number of amides is 1. The molecule has 1 aliphatic rings. The van der Waals surface area contributed by atoms with Crippen LogP contribution in [0.4, 0.5) is 4.39 Å². The average Bonchev–Trinajstić information content (AvgIpc) is 3.14. The minimum atomic E-state index is -0.349. The maximum Gasteiger partial charge on any atom is 0.264 e. The van der Waals surface area contributed by atoms with Gasteiger partial charge in [-0.25, -0.2) is 4.39 Å². The summed E-state index contributed by atoms with van der Waals surface area (Å²) in [4.78, 5) is 18.1. The molecule has 2 heterocycles. The van der Waals surface area contributed by atoms with Gasteiger partial charge in [0.05, 0.1) is 5.92 Å². The second kappa shape index (κ2) is 8.08. The Kier molecular flexibility index (Phi) is 5.18. The predicted octanol–water partition coefficient (Wildman–Crippen LogP) is 2.79. The van der Waals surface area contributed by atoms with Gasteiger partial charge >= 0.3 is 0 Å².